The summed E-state index contributed by atoms with van der Waals surface area (Å²) in [7, 11) is 5.65. The molecular formula is C14H26ClIN4O. The molecular weight excluding hydrogens is 403 g/mol. The van der Waals surface area contributed by atoms with Gasteiger partial charge < -0.3 is 19.9 Å². The van der Waals surface area contributed by atoms with E-state index in [0.29, 0.717) is 19.5 Å². The van der Waals surface area contributed by atoms with E-state index in [9.17, 15) is 5.11 Å². The van der Waals surface area contributed by atoms with Crippen molar-refractivity contribution in [3.05, 3.63) is 23.0 Å². The lowest BCUT2D eigenvalue weighted by Crippen LogP contribution is -2.46. The highest BCUT2D eigenvalue weighted by atomic mass is 127. The first-order chi connectivity index (χ1) is 9.29. The molecule has 1 heterocycles. The smallest absolute Gasteiger partial charge is 0.193 e. The second-order valence-corrected chi connectivity index (χ2v) is 5.80. The molecule has 0 saturated heterocycles. The van der Waals surface area contributed by atoms with Crippen LogP contribution >= 0.6 is 35.6 Å². The van der Waals surface area contributed by atoms with Crippen molar-refractivity contribution in [3.63, 3.8) is 0 Å². The molecule has 0 radical (unpaired) electrons. The molecule has 1 rings (SSSR count). The minimum absolute atomic E-state index is 0. The predicted molar refractivity (Wildman–Crippen MR) is 99.6 cm³/mol. The Balaban J connectivity index is 0.00000400. The fourth-order valence-corrected chi connectivity index (χ4v) is 2.09. The third-order valence-corrected chi connectivity index (χ3v) is 3.64. The molecule has 1 aromatic rings. The number of aromatic nitrogens is 1. The zero-order chi connectivity index (χ0) is 15.3. The summed E-state index contributed by atoms with van der Waals surface area (Å²) in [4.78, 5) is 6.23. The minimum atomic E-state index is -0.731. The number of halogens is 2. The summed E-state index contributed by atoms with van der Waals surface area (Å²) in [6.45, 7) is 4.93. The van der Waals surface area contributed by atoms with Crippen molar-refractivity contribution in [3.8, 4) is 0 Å². The Morgan fingerprint density at radius 2 is 2.19 bits per heavy atom. The standard InChI is InChI=1S/C14H25ClN4O.HI/c1-6-14(2,20)10-17-13(16-3)19(5)9-12-7-11(15)8-18(12)4;/h7-8,20H,6,9-10H2,1-5H3,(H,16,17);1H. The third-order valence-electron chi connectivity index (χ3n) is 3.44. The van der Waals surface area contributed by atoms with E-state index in [1.165, 1.54) is 0 Å². The van der Waals surface area contributed by atoms with Gasteiger partial charge in [-0.3, -0.25) is 4.99 Å². The fraction of sp³-hybridized carbons (Fsp3) is 0.643. The van der Waals surface area contributed by atoms with Gasteiger partial charge in [0.2, 0.25) is 0 Å². The SMILES string of the molecule is CCC(C)(O)CNC(=NC)N(C)Cc1cc(Cl)cn1C.I. The Kier molecular flexibility index (Phi) is 8.65. The predicted octanol–water partition coefficient (Wildman–Crippen LogP) is 2.46. The zero-order valence-electron chi connectivity index (χ0n) is 13.4. The number of guanidine groups is 1. The molecule has 0 amide bonds. The van der Waals surface area contributed by atoms with Gasteiger partial charge in [-0.1, -0.05) is 18.5 Å². The van der Waals surface area contributed by atoms with Gasteiger partial charge in [-0.2, -0.15) is 0 Å². The van der Waals surface area contributed by atoms with Crippen LogP contribution in [0.2, 0.25) is 5.02 Å². The number of nitrogens with zero attached hydrogens (tertiary/aromatic N) is 3. The molecule has 0 aromatic carbocycles. The number of rotatable bonds is 5. The van der Waals surface area contributed by atoms with Crippen LogP contribution in [-0.2, 0) is 13.6 Å². The van der Waals surface area contributed by atoms with E-state index in [-0.39, 0.29) is 24.0 Å². The molecule has 0 fully saturated rings. The van der Waals surface area contributed by atoms with Crippen LogP contribution in [0.15, 0.2) is 17.3 Å². The van der Waals surface area contributed by atoms with Crippen molar-refractivity contribution < 1.29 is 5.11 Å². The van der Waals surface area contributed by atoms with Gasteiger partial charge in [0.1, 0.15) is 0 Å². The quantitative estimate of drug-likeness (QED) is 0.430. The second-order valence-electron chi connectivity index (χ2n) is 5.37. The Labute approximate surface area is 149 Å². The number of aryl methyl sites for hydroxylation is 1. The van der Waals surface area contributed by atoms with Crippen LogP contribution in [0.5, 0.6) is 0 Å². The largest absolute Gasteiger partial charge is 0.388 e. The Bertz CT molecular complexity index is 474. The van der Waals surface area contributed by atoms with Crippen molar-refractivity contribution in [1.82, 2.24) is 14.8 Å². The van der Waals surface area contributed by atoms with Crippen molar-refractivity contribution in [2.75, 3.05) is 20.6 Å². The highest BCUT2D eigenvalue weighted by Crippen LogP contribution is 2.14. The minimum Gasteiger partial charge on any atom is -0.388 e. The highest BCUT2D eigenvalue weighted by Gasteiger charge is 2.19. The molecule has 7 heteroatoms. The van der Waals surface area contributed by atoms with Crippen LogP contribution in [0.1, 0.15) is 26.0 Å². The van der Waals surface area contributed by atoms with Gasteiger partial charge in [0.25, 0.3) is 0 Å². The van der Waals surface area contributed by atoms with Crippen molar-refractivity contribution in [2.24, 2.45) is 12.0 Å². The average molecular weight is 429 g/mol. The lowest BCUT2D eigenvalue weighted by atomic mass is 10.0. The number of nitrogens with one attached hydrogen (secondary N) is 1. The van der Waals surface area contributed by atoms with Gasteiger partial charge in [0, 0.05) is 39.6 Å². The molecule has 21 heavy (non-hydrogen) atoms. The van der Waals surface area contributed by atoms with E-state index in [0.717, 1.165) is 16.7 Å². The lowest BCUT2D eigenvalue weighted by Gasteiger charge is -2.27. The van der Waals surface area contributed by atoms with Crippen LogP contribution in [0, 0.1) is 0 Å². The Morgan fingerprint density at radius 3 is 2.62 bits per heavy atom. The van der Waals surface area contributed by atoms with Crippen molar-refractivity contribution in [2.45, 2.75) is 32.4 Å². The van der Waals surface area contributed by atoms with Gasteiger partial charge in [0.15, 0.2) is 5.96 Å². The number of aliphatic hydroxyl groups is 1. The summed E-state index contributed by atoms with van der Waals surface area (Å²) in [6, 6.07) is 1.94. The van der Waals surface area contributed by atoms with Gasteiger partial charge >= 0.3 is 0 Å². The van der Waals surface area contributed by atoms with Gasteiger partial charge in [0.05, 0.1) is 17.2 Å². The molecule has 122 valence electrons. The van der Waals surface area contributed by atoms with Crippen LogP contribution in [0.25, 0.3) is 0 Å². The highest BCUT2D eigenvalue weighted by molar-refractivity contribution is 14.0. The van der Waals surface area contributed by atoms with Gasteiger partial charge in [-0.25, -0.2) is 0 Å². The van der Waals surface area contributed by atoms with E-state index >= 15 is 0 Å². The molecule has 5 nitrogen and oxygen atoms in total. The first kappa shape index (κ1) is 20.5. The second kappa shape index (κ2) is 8.85. The monoisotopic (exact) mass is 428 g/mol. The Hall–Kier alpha value is -0.470. The summed E-state index contributed by atoms with van der Waals surface area (Å²) < 4.78 is 1.99. The van der Waals surface area contributed by atoms with Crippen LogP contribution in [0.4, 0.5) is 0 Å². The maximum absolute atomic E-state index is 10.0. The third kappa shape index (κ3) is 6.44. The van der Waals surface area contributed by atoms with E-state index in [1.54, 1.807) is 7.05 Å². The summed E-state index contributed by atoms with van der Waals surface area (Å²) in [5, 5.41) is 13.9. The number of aliphatic imine (C=N–C) groups is 1. The molecule has 2 N–H and O–H groups in total. The zero-order valence-corrected chi connectivity index (χ0v) is 16.4. The average Bonchev–Trinajstić information content (AvgIpc) is 2.68. The van der Waals surface area contributed by atoms with Gasteiger partial charge in [-0.15, -0.1) is 24.0 Å². The van der Waals surface area contributed by atoms with E-state index < -0.39 is 5.60 Å². The van der Waals surface area contributed by atoms with Crippen molar-refractivity contribution in [1.29, 1.82) is 0 Å². The number of hydrogen-bond donors (Lipinski definition) is 2. The molecule has 1 unspecified atom stereocenters. The first-order valence-corrected chi connectivity index (χ1v) is 7.11. The maximum Gasteiger partial charge on any atom is 0.193 e. The van der Waals surface area contributed by atoms with Crippen LogP contribution < -0.4 is 5.32 Å². The number of hydrogen-bond acceptors (Lipinski definition) is 2. The molecule has 0 spiro atoms. The lowest BCUT2D eigenvalue weighted by molar-refractivity contribution is 0.0598. The summed E-state index contributed by atoms with van der Waals surface area (Å²) in [6.07, 6.45) is 2.57. The summed E-state index contributed by atoms with van der Waals surface area (Å²) in [5.74, 6) is 0.746. The molecule has 0 aliphatic carbocycles. The summed E-state index contributed by atoms with van der Waals surface area (Å²) in [5.41, 5.74) is 0.369. The topological polar surface area (TPSA) is 52.8 Å². The van der Waals surface area contributed by atoms with Crippen LogP contribution in [0.3, 0.4) is 0 Å². The molecule has 0 saturated carbocycles. The normalized spacial score (nSPS) is 14.3. The van der Waals surface area contributed by atoms with E-state index in [2.05, 4.69) is 10.3 Å². The molecule has 0 aliphatic heterocycles. The molecule has 0 aliphatic rings. The molecule has 1 aromatic heterocycles. The van der Waals surface area contributed by atoms with E-state index in [1.807, 2.05) is 49.7 Å². The molecule has 0 bridgehead atoms. The first-order valence-electron chi connectivity index (χ1n) is 6.74. The molecule has 1 atom stereocenters. The Morgan fingerprint density at radius 1 is 1.57 bits per heavy atom. The van der Waals surface area contributed by atoms with Crippen molar-refractivity contribution >= 4 is 41.5 Å². The maximum atomic E-state index is 10.0. The van der Waals surface area contributed by atoms with Crippen LogP contribution in [-0.4, -0.2) is 46.8 Å². The fourth-order valence-electron chi connectivity index (χ4n) is 1.82. The van der Waals surface area contributed by atoms with E-state index in [4.69, 9.17) is 11.6 Å². The van der Waals surface area contributed by atoms with Gasteiger partial charge in [-0.05, 0) is 19.4 Å². The summed E-state index contributed by atoms with van der Waals surface area (Å²) >= 11 is 5.98.